The molecule has 0 aliphatic carbocycles. The SMILES string of the molecule is NCCc1onc2c1CNC2. The predicted octanol–water partition coefficient (Wildman–Crippen LogP) is -0.221. The Kier molecular flexibility index (Phi) is 1.63. The first-order valence-electron chi connectivity index (χ1n) is 3.79. The average molecular weight is 153 g/mol. The lowest BCUT2D eigenvalue weighted by Gasteiger charge is -1.93. The fraction of sp³-hybridized carbons (Fsp3) is 0.571. The molecule has 0 unspecified atom stereocenters. The molecule has 11 heavy (non-hydrogen) atoms. The second-order valence-corrected chi connectivity index (χ2v) is 2.67. The molecule has 1 aliphatic rings. The topological polar surface area (TPSA) is 64.1 Å². The van der Waals surface area contributed by atoms with Crippen LogP contribution in [-0.4, -0.2) is 11.7 Å². The highest BCUT2D eigenvalue weighted by Crippen LogP contribution is 2.18. The van der Waals surface area contributed by atoms with Gasteiger partial charge < -0.3 is 15.6 Å². The molecule has 0 spiro atoms. The minimum absolute atomic E-state index is 0.627. The highest BCUT2D eigenvalue weighted by atomic mass is 16.5. The first kappa shape index (κ1) is 6.82. The molecular formula is C7H11N3O. The molecule has 0 fully saturated rings. The van der Waals surface area contributed by atoms with Crippen molar-refractivity contribution in [1.29, 1.82) is 0 Å². The van der Waals surface area contributed by atoms with Gasteiger partial charge in [-0.2, -0.15) is 0 Å². The maximum absolute atomic E-state index is 5.41. The molecule has 1 aromatic rings. The first-order valence-corrected chi connectivity index (χ1v) is 3.79. The summed E-state index contributed by atoms with van der Waals surface area (Å²) >= 11 is 0. The van der Waals surface area contributed by atoms with Gasteiger partial charge in [0.1, 0.15) is 11.5 Å². The Balaban J connectivity index is 2.27. The van der Waals surface area contributed by atoms with E-state index in [9.17, 15) is 0 Å². The van der Waals surface area contributed by atoms with Crippen molar-refractivity contribution in [3.05, 3.63) is 17.0 Å². The standard InChI is InChI=1S/C7H11N3O/c8-2-1-7-5-3-9-4-6(5)10-11-7/h9H,1-4,8H2. The van der Waals surface area contributed by atoms with Gasteiger partial charge in [0, 0.05) is 25.1 Å². The van der Waals surface area contributed by atoms with Gasteiger partial charge in [0.05, 0.1) is 0 Å². The van der Waals surface area contributed by atoms with E-state index in [1.165, 1.54) is 5.56 Å². The number of aromatic nitrogens is 1. The van der Waals surface area contributed by atoms with Crippen LogP contribution in [0.5, 0.6) is 0 Å². The van der Waals surface area contributed by atoms with Gasteiger partial charge in [0.15, 0.2) is 0 Å². The highest BCUT2D eigenvalue weighted by Gasteiger charge is 2.19. The number of nitrogens with two attached hydrogens (primary N) is 1. The highest BCUT2D eigenvalue weighted by molar-refractivity contribution is 5.26. The van der Waals surface area contributed by atoms with E-state index in [2.05, 4.69) is 10.5 Å². The van der Waals surface area contributed by atoms with Crippen molar-refractivity contribution in [2.75, 3.05) is 6.54 Å². The summed E-state index contributed by atoms with van der Waals surface area (Å²) in [6.45, 7) is 2.35. The summed E-state index contributed by atoms with van der Waals surface area (Å²) in [6, 6.07) is 0. The van der Waals surface area contributed by atoms with Crippen molar-refractivity contribution in [1.82, 2.24) is 10.5 Å². The number of hydrogen-bond donors (Lipinski definition) is 2. The normalized spacial score (nSPS) is 15.4. The third kappa shape index (κ3) is 1.04. The fourth-order valence-corrected chi connectivity index (χ4v) is 1.35. The Labute approximate surface area is 64.7 Å². The second-order valence-electron chi connectivity index (χ2n) is 2.67. The third-order valence-electron chi connectivity index (χ3n) is 1.92. The molecular weight excluding hydrogens is 142 g/mol. The molecule has 1 aliphatic heterocycles. The molecule has 0 amide bonds. The van der Waals surface area contributed by atoms with Gasteiger partial charge >= 0.3 is 0 Å². The van der Waals surface area contributed by atoms with Crippen LogP contribution in [0, 0.1) is 0 Å². The second kappa shape index (κ2) is 2.64. The molecule has 0 saturated heterocycles. The van der Waals surface area contributed by atoms with Gasteiger partial charge in [-0.3, -0.25) is 0 Å². The molecule has 3 N–H and O–H groups in total. The minimum Gasteiger partial charge on any atom is -0.361 e. The lowest BCUT2D eigenvalue weighted by molar-refractivity contribution is 0.371. The first-order chi connectivity index (χ1) is 5.42. The Morgan fingerprint density at radius 1 is 1.55 bits per heavy atom. The monoisotopic (exact) mass is 153 g/mol. The van der Waals surface area contributed by atoms with Crippen LogP contribution in [0.25, 0.3) is 0 Å². The van der Waals surface area contributed by atoms with Crippen LogP contribution in [-0.2, 0) is 19.5 Å². The van der Waals surface area contributed by atoms with Crippen LogP contribution in [0.15, 0.2) is 4.52 Å². The minimum atomic E-state index is 0.627. The van der Waals surface area contributed by atoms with E-state index in [0.717, 1.165) is 31.0 Å². The van der Waals surface area contributed by atoms with E-state index in [-0.39, 0.29) is 0 Å². The van der Waals surface area contributed by atoms with Crippen LogP contribution >= 0.6 is 0 Å². The van der Waals surface area contributed by atoms with Crippen molar-refractivity contribution in [2.24, 2.45) is 5.73 Å². The van der Waals surface area contributed by atoms with Gasteiger partial charge in [-0.05, 0) is 6.54 Å². The summed E-state index contributed by atoms with van der Waals surface area (Å²) in [5.41, 5.74) is 7.67. The molecule has 1 aromatic heterocycles. The number of hydrogen-bond acceptors (Lipinski definition) is 4. The lowest BCUT2D eigenvalue weighted by atomic mass is 10.2. The molecule has 0 atom stereocenters. The molecule has 0 aromatic carbocycles. The van der Waals surface area contributed by atoms with Crippen LogP contribution < -0.4 is 11.1 Å². The van der Waals surface area contributed by atoms with Gasteiger partial charge in [-0.1, -0.05) is 5.16 Å². The molecule has 0 saturated carbocycles. The van der Waals surface area contributed by atoms with Gasteiger partial charge in [-0.25, -0.2) is 0 Å². The van der Waals surface area contributed by atoms with Crippen molar-refractivity contribution in [3.8, 4) is 0 Å². The quantitative estimate of drug-likeness (QED) is 0.616. The van der Waals surface area contributed by atoms with Crippen molar-refractivity contribution >= 4 is 0 Å². The summed E-state index contributed by atoms with van der Waals surface area (Å²) in [5, 5.41) is 7.13. The Morgan fingerprint density at radius 2 is 2.45 bits per heavy atom. The van der Waals surface area contributed by atoms with Crippen LogP contribution in [0.1, 0.15) is 17.0 Å². The van der Waals surface area contributed by atoms with Crippen molar-refractivity contribution in [2.45, 2.75) is 19.5 Å². The summed E-state index contributed by atoms with van der Waals surface area (Å²) in [4.78, 5) is 0. The lowest BCUT2D eigenvalue weighted by Crippen LogP contribution is -2.06. The van der Waals surface area contributed by atoms with Crippen LogP contribution in [0.3, 0.4) is 0 Å². The third-order valence-corrected chi connectivity index (χ3v) is 1.92. The fourth-order valence-electron chi connectivity index (χ4n) is 1.35. The van der Waals surface area contributed by atoms with Crippen molar-refractivity contribution < 1.29 is 4.52 Å². The van der Waals surface area contributed by atoms with E-state index in [0.29, 0.717) is 6.54 Å². The molecule has 2 heterocycles. The molecule has 0 radical (unpaired) electrons. The number of rotatable bonds is 2. The molecule has 60 valence electrons. The summed E-state index contributed by atoms with van der Waals surface area (Å²) in [5.74, 6) is 0.951. The van der Waals surface area contributed by atoms with E-state index in [1.807, 2.05) is 0 Å². The van der Waals surface area contributed by atoms with Crippen LogP contribution in [0.2, 0.25) is 0 Å². The Hall–Kier alpha value is -0.870. The Morgan fingerprint density at radius 3 is 3.27 bits per heavy atom. The van der Waals surface area contributed by atoms with E-state index in [1.54, 1.807) is 0 Å². The zero-order valence-corrected chi connectivity index (χ0v) is 6.26. The van der Waals surface area contributed by atoms with E-state index < -0.39 is 0 Å². The zero-order valence-electron chi connectivity index (χ0n) is 6.26. The summed E-state index contributed by atoms with van der Waals surface area (Å²) in [7, 11) is 0. The predicted molar refractivity (Wildman–Crippen MR) is 39.8 cm³/mol. The smallest absolute Gasteiger partial charge is 0.142 e. The molecule has 2 rings (SSSR count). The average Bonchev–Trinajstić information content (AvgIpc) is 2.53. The maximum atomic E-state index is 5.41. The van der Waals surface area contributed by atoms with Gasteiger partial charge in [0.2, 0.25) is 0 Å². The van der Waals surface area contributed by atoms with Crippen molar-refractivity contribution in [3.63, 3.8) is 0 Å². The summed E-state index contributed by atoms with van der Waals surface area (Å²) < 4.78 is 5.11. The Bertz CT molecular complexity index is 256. The maximum Gasteiger partial charge on any atom is 0.142 e. The van der Waals surface area contributed by atoms with Gasteiger partial charge in [-0.15, -0.1) is 0 Å². The number of nitrogens with zero attached hydrogens (tertiary/aromatic N) is 1. The molecule has 0 bridgehead atoms. The zero-order chi connectivity index (χ0) is 7.68. The van der Waals surface area contributed by atoms with Gasteiger partial charge in [0.25, 0.3) is 0 Å². The van der Waals surface area contributed by atoms with E-state index in [4.69, 9.17) is 10.3 Å². The van der Waals surface area contributed by atoms with Crippen LogP contribution in [0.4, 0.5) is 0 Å². The van der Waals surface area contributed by atoms with E-state index >= 15 is 0 Å². The largest absolute Gasteiger partial charge is 0.361 e. The number of fused-ring (bicyclic) bond motifs is 1. The number of nitrogens with one attached hydrogen (secondary N) is 1. The molecule has 4 heteroatoms. The molecule has 4 nitrogen and oxygen atoms in total. The summed E-state index contributed by atoms with van der Waals surface area (Å²) in [6.07, 6.45) is 0.796.